The number of unbranched alkanes of at least 4 members (excludes halogenated alkanes) is 2. The lowest BCUT2D eigenvalue weighted by Gasteiger charge is -2.25. The molecular weight excluding hydrogens is 467 g/mol. The molecule has 0 spiro atoms. The average Bonchev–Trinajstić information content (AvgIpc) is 2.68. The maximum Gasteiger partial charge on any atom is 0.242 e. The summed E-state index contributed by atoms with van der Waals surface area (Å²) < 4.78 is 5.98. The fourth-order valence-electron chi connectivity index (χ4n) is 3.48. The van der Waals surface area contributed by atoms with Crippen LogP contribution in [0.1, 0.15) is 72.1 Å². The second-order valence-electron chi connectivity index (χ2n) is 7.35. The third-order valence-electron chi connectivity index (χ3n) is 5.15. The molecule has 1 fully saturated rings. The highest BCUT2D eigenvalue weighted by Gasteiger charge is 2.15. The first-order valence-electron chi connectivity index (χ1n) is 11.0. The van der Waals surface area contributed by atoms with Crippen molar-refractivity contribution in [2.45, 2.75) is 78.2 Å². The van der Waals surface area contributed by atoms with Gasteiger partial charge in [-0.15, -0.1) is 24.0 Å². The van der Waals surface area contributed by atoms with Gasteiger partial charge in [-0.05, 0) is 52.9 Å². The van der Waals surface area contributed by atoms with Gasteiger partial charge in [0.05, 0.1) is 12.6 Å². The molecule has 166 valence electrons. The highest BCUT2D eigenvalue weighted by molar-refractivity contribution is 14.0. The zero-order valence-corrected chi connectivity index (χ0v) is 20.9. The van der Waals surface area contributed by atoms with E-state index in [9.17, 15) is 4.79 Å². The lowest BCUT2D eigenvalue weighted by Crippen LogP contribution is -2.45. The molecule has 1 aliphatic carbocycles. The Hall–Kier alpha value is -0.570. The topological polar surface area (TPSA) is 57.2 Å². The maximum atomic E-state index is 12.3. The Labute approximate surface area is 189 Å². The molecule has 0 heterocycles. The molecule has 0 aromatic carbocycles. The predicted molar refractivity (Wildman–Crippen MR) is 129 cm³/mol. The van der Waals surface area contributed by atoms with E-state index >= 15 is 0 Å². The van der Waals surface area contributed by atoms with Gasteiger partial charge in [-0.2, -0.15) is 0 Å². The Kier molecular flexibility index (Phi) is 16.9. The summed E-state index contributed by atoms with van der Waals surface area (Å²) in [5.74, 6) is 0.962. The second kappa shape index (κ2) is 17.3. The maximum absolute atomic E-state index is 12.3. The van der Waals surface area contributed by atoms with Crippen molar-refractivity contribution >= 4 is 35.8 Å². The smallest absolute Gasteiger partial charge is 0.242 e. The SMILES string of the molecule is CCNC(=NCCCCCOC1CCCCC1)N(C)CC(=O)N(CC)CC.I. The number of nitrogens with one attached hydrogen (secondary N) is 1. The van der Waals surface area contributed by atoms with Crippen LogP contribution in [0.15, 0.2) is 4.99 Å². The van der Waals surface area contributed by atoms with Crippen LogP contribution in [0.2, 0.25) is 0 Å². The van der Waals surface area contributed by atoms with Gasteiger partial charge in [0.15, 0.2) is 5.96 Å². The number of ether oxygens (including phenoxy) is 1. The molecule has 0 saturated heterocycles. The van der Waals surface area contributed by atoms with Crippen molar-refractivity contribution in [3.8, 4) is 0 Å². The third-order valence-corrected chi connectivity index (χ3v) is 5.15. The number of hydrogen-bond acceptors (Lipinski definition) is 3. The van der Waals surface area contributed by atoms with Crippen molar-refractivity contribution in [3.63, 3.8) is 0 Å². The molecule has 0 bridgehead atoms. The minimum Gasteiger partial charge on any atom is -0.378 e. The zero-order valence-electron chi connectivity index (χ0n) is 18.5. The Bertz CT molecular complexity index is 425. The van der Waals surface area contributed by atoms with Crippen LogP contribution >= 0.6 is 24.0 Å². The van der Waals surface area contributed by atoms with Crippen LogP contribution in [0.4, 0.5) is 0 Å². The number of carbonyl (C=O) groups is 1. The number of carbonyl (C=O) groups excluding carboxylic acids is 1. The van der Waals surface area contributed by atoms with Gasteiger partial charge >= 0.3 is 0 Å². The lowest BCUT2D eigenvalue weighted by atomic mass is 9.98. The van der Waals surface area contributed by atoms with Gasteiger partial charge in [0.25, 0.3) is 0 Å². The lowest BCUT2D eigenvalue weighted by molar-refractivity contribution is -0.131. The Morgan fingerprint density at radius 3 is 2.36 bits per heavy atom. The summed E-state index contributed by atoms with van der Waals surface area (Å²) in [6, 6.07) is 0. The minimum absolute atomic E-state index is 0. The largest absolute Gasteiger partial charge is 0.378 e. The molecule has 0 aromatic rings. The van der Waals surface area contributed by atoms with E-state index < -0.39 is 0 Å². The summed E-state index contributed by atoms with van der Waals surface area (Å²) >= 11 is 0. The summed E-state index contributed by atoms with van der Waals surface area (Å²) in [4.78, 5) is 20.8. The van der Waals surface area contributed by atoms with E-state index in [0.29, 0.717) is 12.6 Å². The van der Waals surface area contributed by atoms with Crippen LogP contribution in [0.25, 0.3) is 0 Å². The van der Waals surface area contributed by atoms with Crippen molar-refractivity contribution in [2.75, 3.05) is 46.4 Å². The summed E-state index contributed by atoms with van der Waals surface area (Å²) in [6.45, 7) is 10.4. The van der Waals surface area contributed by atoms with Gasteiger partial charge < -0.3 is 19.9 Å². The van der Waals surface area contributed by atoms with E-state index in [-0.39, 0.29) is 29.9 Å². The molecule has 0 atom stereocenters. The van der Waals surface area contributed by atoms with E-state index in [1.165, 1.54) is 32.1 Å². The second-order valence-corrected chi connectivity index (χ2v) is 7.35. The Morgan fingerprint density at radius 2 is 1.75 bits per heavy atom. The summed E-state index contributed by atoms with van der Waals surface area (Å²) in [6.07, 6.45) is 10.3. The highest BCUT2D eigenvalue weighted by atomic mass is 127. The Balaban J connectivity index is 0.00000729. The quantitative estimate of drug-likeness (QED) is 0.187. The number of halogens is 1. The number of aliphatic imine (C=N–C) groups is 1. The van der Waals surface area contributed by atoms with Crippen LogP contribution in [0.3, 0.4) is 0 Å². The van der Waals surface area contributed by atoms with Crippen molar-refractivity contribution < 1.29 is 9.53 Å². The first-order chi connectivity index (χ1) is 13.1. The Morgan fingerprint density at radius 1 is 1.07 bits per heavy atom. The van der Waals surface area contributed by atoms with Crippen LogP contribution in [-0.2, 0) is 9.53 Å². The number of amides is 1. The van der Waals surface area contributed by atoms with Crippen molar-refractivity contribution in [1.29, 1.82) is 0 Å². The molecule has 7 heteroatoms. The normalized spacial score (nSPS) is 15.1. The number of rotatable bonds is 12. The van der Waals surface area contributed by atoms with Gasteiger partial charge in [0, 0.05) is 39.8 Å². The zero-order chi connectivity index (χ0) is 19.9. The summed E-state index contributed by atoms with van der Waals surface area (Å²) in [5.41, 5.74) is 0. The van der Waals surface area contributed by atoms with Gasteiger partial charge in [0.1, 0.15) is 0 Å². The van der Waals surface area contributed by atoms with Gasteiger partial charge in [-0.25, -0.2) is 0 Å². The predicted octanol–water partition coefficient (Wildman–Crippen LogP) is 3.89. The number of hydrogen-bond donors (Lipinski definition) is 1. The number of likely N-dealkylation sites (N-methyl/N-ethyl adjacent to an activating group) is 2. The molecule has 1 amide bonds. The highest BCUT2D eigenvalue weighted by Crippen LogP contribution is 2.20. The van der Waals surface area contributed by atoms with Gasteiger partial charge in [-0.1, -0.05) is 19.3 Å². The molecular formula is C21H43IN4O2. The molecule has 1 aliphatic rings. The average molecular weight is 511 g/mol. The minimum atomic E-state index is 0. The monoisotopic (exact) mass is 510 g/mol. The fraction of sp³-hybridized carbons (Fsp3) is 0.905. The number of guanidine groups is 1. The molecule has 0 aliphatic heterocycles. The van der Waals surface area contributed by atoms with Crippen molar-refractivity contribution in [2.24, 2.45) is 4.99 Å². The van der Waals surface area contributed by atoms with E-state index in [0.717, 1.165) is 58.0 Å². The van der Waals surface area contributed by atoms with Crippen LogP contribution in [-0.4, -0.2) is 74.1 Å². The molecule has 0 aromatic heterocycles. The first kappa shape index (κ1) is 27.4. The van der Waals surface area contributed by atoms with E-state index in [2.05, 4.69) is 17.2 Å². The standard InChI is InChI=1S/C21H42N4O2.HI/c1-5-22-21(24(4)18-20(26)25(6-2)7-3)23-16-12-9-13-17-27-19-14-10-8-11-15-19;/h19H,5-18H2,1-4H3,(H,22,23);1H. The van der Waals surface area contributed by atoms with Crippen LogP contribution < -0.4 is 5.32 Å². The molecule has 1 N–H and O–H groups in total. The molecule has 0 unspecified atom stereocenters. The fourth-order valence-corrected chi connectivity index (χ4v) is 3.48. The van der Waals surface area contributed by atoms with Crippen LogP contribution in [0.5, 0.6) is 0 Å². The molecule has 0 radical (unpaired) electrons. The molecule has 1 saturated carbocycles. The molecule has 6 nitrogen and oxygen atoms in total. The third kappa shape index (κ3) is 11.4. The van der Waals surface area contributed by atoms with Gasteiger partial charge in [-0.3, -0.25) is 9.79 Å². The summed E-state index contributed by atoms with van der Waals surface area (Å²) in [7, 11) is 1.93. The van der Waals surface area contributed by atoms with E-state index in [1.807, 2.05) is 30.7 Å². The number of nitrogens with zero attached hydrogens (tertiary/aromatic N) is 3. The first-order valence-corrected chi connectivity index (χ1v) is 11.0. The van der Waals surface area contributed by atoms with Crippen molar-refractivity contribution in [3.05, 3.63) is 0 Å². The van der Waals surface area contributed by atoms with Crippen LogP contribution in [0, 0.1) is 0 Å². The van der Waals surface area contributed by atoms with E-state index in [1.54, 1.807) is 0 Å². The molecule has 28 heavy (non-hydrogen) atoms. The van der Waals surface area contributed by atoms with Gasteiger partial charge in [0.2, 0.25) is 5.91 Å². The van der Waals surface area contributed by atoms with E-state index in [4.69, 9.17) is 4.74 Å². The molecule has 1 rings (SSSR count). The summed E-state index contributed by atoms with van der Waals surface area (Å²) in [5, 5.41) is 3.29. The van der Waals surface area contributed by atoms with Crippen molar-refractivity contribution in [1.82, 2.24) is 15.1 Å².